The van der Waals surface area contributed by atoms with Gasteiger partial charge in [0, 0.05) is 6.04 Å². The van der Waals surface area contributed by atoms with Crippen LogP contribution < -0.4 is 10.1 Å². The molecule has 0 saturated heterocycles. The average molecular weight is 277 g/mol. The maximum atomic E-state index is 5.43. The van der Waals surface area contributed by atoms with Crippen molar-refractivity contribution >= 4 is 0 Å². The van der Waals surface area contributed by atoms with Crippen molar-refractivity contribution in [3.63, 3.8) is 0 Å². The molecule has 20 heavy (non-hydrogen) atoms. The summed E-state index contributed by atoms with van der Waals surface area (Å²) in [6.45, 7) is 8.88. The predicted octanol–water partition coefficient (Wildman–Crippen LogP) is 4.79. The second-order valence-corrected chi connectivity index (χ2v) is 5.76. The van der Waals surface area contributed by atoms with Gasteiger partial charge in [-0.25, -0.2) is 0 Å². The average Bonchev–Trinajstić information content (AvgIpc) is 2.46. The zero-order chi connectivity index (χ0) is 15.1. The summed E-state index contributed by atoms with van der Waals surface area (Å²) in [5.74, 6) is 1.69. The first-order valence-electron chi connectivity index (χ1n) is 7.91. The van der Waals surface area contributed by atoms with Crippen molar-refractivity contribution in [2.75, 3.05) is 14.2 Å². The van der Waals surface area contributed by atoms with Gasteiger partial charge < -0.3 is 10.1 Å². The predicted molar refractivity (Wildman–Crippen MR) is 87.6 cm³/mol. The number of unbranched alkanes of at least 4 members (excludes halogenated alkanes) is 1. The molecule has 0 spiro atoms. The standard InChI is InChI=1S/C18H31NO/c1-7-9-10-15(8-2)18(19-5)16-11-14(4)17(20-6)12-13(16)3/h11-12,15,18-19H,7-10H2,1-6H3. The molecule has 1 aromatic rings. The van der Waals surface area contributed by atoms with Crippen molar-refractivity contribution in [3.05, 3.63) is 28.8 Å². The third kappa shape index (κ3) is 3.99. The van der Waals surface area contributed by atoms with E-state index in [9.17, 15) is 0 Å². The molecule has 0 bridgehead atoms. The molecular formula is C18H31NO. The van der Waals surface area contributed by atoms with Crippen LogP contribution in [0.1, 0.15) is 62.3 Å². The SMILES string of the molecule is CCCCC(CC)C(NC)c1cc(C)c(OC)cc1C. The van der Waals surface area contributed by atoms with Crippen molar-refractivity contribution in [2.45, 2.75) is 59.4 Å². The van der Waals surface area contributed by atoms with Gasteiger partial charge in [-0.2, -0.15) is 0 Å². The smallest absolute Gasteiger partial charge is 0.122 e. The number of nitrogens with one attached hydrogen (secondary N) is 1. The van der Waals surface area contributed by atoms with E-state index in [1.807, 2.05) is 0 Å². The van der Waals surface area contributed by atoms with Gasteiger partial charge in [0.2, 0.25) is 0 Å². The summed E-state index contributed by atoms with van der Waals surface area (Å²) >= 11 is 0. The monoisotopic (exact) mass is 277 g/mol. The maximum Gasteiger partial charge on any atom is 0.122 e. The number of ether oxygens (including phenoxy) is 1. The van der Waals surface area contributed by atoms with Crippen LogP contribution in [-0.4, -0.2) is 14.2 Å². The van der Waals surface area contributed by atoms with Crippen molar-refractivity contribution < 1.29 is 4.74 Å². The summed E-state index contributed by atoms with van der Waals surface area (Å²) in [7, 11) is 3.82. The minimum Gasteiger partial charge on any atom is -0.496 e. The molecule has 0 heterocycles. The molecule has 114 valence electrons. The minimum absolute atomic E-state index is 0.441. The topological polar surface area (TPSA) is 21.3 Å². The molecule has 2 nitrogen and oxygen atoms in total. The van der Waals surface area contributed by atoms with Crippen molar-refractivity contribution in [3.8, 4) is 5.75 Å². The summed E-state index contributed by atoms with van der Waals surface area (Å²) in [4.78, 5) is 0. The molecule has 0 amide bonds. The Morgan fingerprint density at radius 2 is 1.85 bits per heavy atom. The van der Waals surface area contributed by atoms with E-state index in [1.165, 1.54) is 42.4 Å². The van der Waals surface area contributed by atoms with Gasteiger partial charge in [0.25, 0.3) is 0 Å². The molecule has 1 N–H and O–H groups in total. The van der Waals surface area contributed by atoms with Crippen LogP contribution in [0.3, 0.4) is 0 Å². The first-order valence-corrected chi connectivity index (χ1v) is 7.91. The molecular weight excluding hydrogens is 246 g/mol. The van der Waals surface area contributed by atoms with Crippen LogP contribution in [0.15, 0.2) is 12.1 Å². The molecule has 2 unspecified atom stereocenters. The second kappa shape index (κ2) is 8.31. The fourth-order valence-electron chi connectivity index (χ4n) is 3.08. The van der Waals surface area contributed by atoms with E-state index in [4.69, 9.17) is 4.74 Å². The quantitative estimate of drug-likeness (QED) is 0.737. The summed E-state index contributed by atoms with van der Waals surface area (Å²) < 4.78 is 5.43. The Morgan fingerprint density at radius 3 is 2.35 bits per heavy atom. The lowest BCUT2D eigenvalue weighted by Gasteiger charge is -2.28. The first kappa shape index (κ1) is 17.0. The number of methoxy groups -OCH3 is 1. The summed E-state index contributed by atoms with van der Waals surface area (Å²) in [6.07, 6.45) is 5.09. The number of aryl methyl sites for hydroxylation is 2. The Bertz CT molecular complexity index is 414. The molecule has 0 aliphatic carbocycles. The lowest BCUT2D eigenvalue weighted by molar-refractivity contribution is 0.337. The van der Waals surface area contributed by atoms with Crippen LogP contribution in [-0.2, 0) is 0 Å². The molecule has 1 rings (SSSR count). The summed E-state index contributed by atoms with van der Waals surface area (Å²) in [5.41, 5.74) is 3.97. The molecule has 2 heteroatoms. The van der Waals surface area contributed by atoms with Gasteiger partial charge in [-0.05, 0) is 56.0 Å². The highest BCUT2D eigenvalue weighted by Crippen LogP contribution is 2.33. The molecule has 2 atom stereocenters. The van der Waals surface area contributed by atoms with E-state index in [1.54, 1.807) is 7.11 Å². The minimum atomic E-state index is 0.441. The van der Waals surface area contributed by atoms with Crippen LogP contribution in [0, 0.1) is 19.8 Å². The van der Waals surface area contributed by atoms with Gasteiger partial charge in [0.15, 0.2) is 0 Å². The zero-order valence-electron chi connectivity index (χ0n) is 14.0. The van der Waals surface area contributed by atoms with E-state index in [0.717, 1.165) is 5.75 Å². The lowest BCUT2D eigenvalue weighted by atomic mass is 9.84. The Hall–Kier alpha value is -1.02. The highest BCUT2D eigenvalue weighted by molar-refractivity contribution is 5.43. The van der Waals surface area contributed by atoms with E-state index < -0.39 is 0 Å². The van der Waals surface area contributed by atoms with Gasteiger partial charge in [-0.1, -0.05) is 39.2 Å². The number of benzene rings is 1. The Kier molecular flexibility index (Phi) is 7.08. The second-order valence-electron chi connectivity index (χ2n) is 5.76. The number of rotatable bonds is 8. The van der Waals surface area contributed by atoms with E-state index >= 15 is 0 Å². The third-order valence-corrected chi connectivity index (χ3v) is 4.35. The molecule has 1 aromatic carbocycles. The molecule has 0 aliphatic rings. The van der Waals surface area contributed by atoms with Gasteiger partial charge >= 0.3 is 0 Å². The molecule has 0 saturated carbocycles. The first-order chi connectivity index (χ1) is 9.58. The lowest BCUT2D eigenvalue weighted by Crippen LogP contribution is -2.26. The largest absolute Gasteiger partial charge is 0.496 e. The van der Waals surface area contributed by atoms with E-state index in [-0.39, 0.29) is 0 Å². The van der Waals surface area contributed by atoms with Crippen LogP contribution in [0.5, 0.6) is 5.75 Å². The molecule has 0 fully saturated rings. The van der Waals surface area contributed by atoms with E-state index in [2.05, 4.69) is 52.2 Å². The van der Waals surface area contributed by atoms with E-state index in [0.29, 0.717) is 12.0 Å². The number of hydrogen-bond acceptors (Lipinski definition) is 2. The van der Waals surface area contributed by atoms with Gasteiger partial charge in [-0.3, -0.25) is 0 Å². The van der Waals surface area contributed by atoms with Gasteiger partial charge in [-0.15, -0.1) is 0 Å². The van der Waals surface area contributed by atoms with Gasteiger partial charge in [0.1, 0.15) is 5.75 Å². The van der Waals surface area contributed by atoms with Crippen LogP contribution in [0.25, 0.3) is 0 Å². The third-order valence-electron chi connectivity index (χ3n) is 4.35. The number of hydrogen-bond donors (Lipinski definition) is 1. The Morgan fingerprint density at radius 1 is 1.15 bits per heavy atom. The molecule has 0 aliphatic heterocycles. The van der Waals surface area contributed by atoms with Crippen LogP contribution >= 0.6 is 0 Å². The molecule has 0 radical (unpaired) electrons. The van der Waals surface area contributed by atoms with Crippen molar-refractivity contribution in [1.29, 1.82) is 0 Å². The fourth-order valence-corrected chi connectivity index (χ4v) is 3.08. The fraction of sp³-hybridized carbons (Fsp3) is 0.667. The molecule has 0 aromatic heterocycles. The summed E-state index contributed by atoms with van der Waals surface area (Å²) in [5, 5.41) is 3.54. The van der Waals surface area contributed by atoms with Crippen LogP contribution in [0.2, 0.25) is 0 Å². The van der Waals surface area contributed by atoms with Crippen LogP contribution in [0.4, 0.5) is 0 Å². The maximum absolute atomic E-state index is 5.43. The highest BCUT2D eigenvalue weighted by Gasteiger charge is 2.22. The zero-order valence-corrected chi connectivity index (χ0v) is 14.0. The highest BCUT2D eigenvalue weighted by atomic mass is 16.5. The normalized spacial score (nSPS) is 14.1. The Labute approximate surface area is 124 Å². The van der Waals surface area contributed by atoms with Crippen molar-refractivity contribution in [1.82, 2.24) is 5.32 Å². The Balaban J connectivity index is 3.07. The van der Waals surface area contributed by atoms with Crippen molar-refractivity contribution in [2.24, 2.45) is 5.92 Å². The van der Waals surface area contributed by atoms with Gasteiger partial charge in [0.05, 0.1) is 7.11 Å². The summed E-state index contributed by atoms with van der Waals surface area (Å²) in [6, 6.07) is 4.90.